The topological polar surface area (TPSA) is 60.2 Å². The van der Waals surface area contributed by atoms with Crippen LogP contribution in [0.15, 0.2) is 4.52 Å². The normalized spacial score (nSPS) is 28.5. The third kappa shape index (κ3) is 2.74. The van der Waals surface area contributed by atoms with Gasteiger partial charge in [-0.05, 0) is 44.7 Å². The van der Waals surface area contributed by atoms with Crippen molar-refractivity contribution >= 4 is 0 Å². The highest BCUT2D eigenvalue weighted by molar-refractivity contribution is 5.07. The molecule has 0 radical (unpaired) electrons. The van der Waals surface area contributed by atoms with Gasteiger partial charge >= 0.3 is 0 Å². The first-order valence-electron chi connectivity index (χ1n) is 7.80. The van der Waals surface area contributed by atoms with E-state index in [4.69, 9.17) is 14.2 Å². The van der Waals surface area contributed by atoms with Crippen molar-refractivity contribution < 1.29 is 9.26 Å². The molecule has 0 saturated carbocycles. The lowest BCUT2D eigenvalue weighted by Crippen LogP contribution is -2.41. The van der Waals surface area contributed by atoms with E-state index in [1.54, 1.807) is 0 Å². The number of hydrogen-bond acceptors (Lipinski definition) is 5. The smallest absolute Gasteiger partial charge is 0.232 e. The number of rotatable bonds is 3. The second kappa shape index (κ2) is 5.82. The van der Waals surface area contributed by atoms with Gasteiger partial charge in [0.2, 0.25) is 5.89 Å². The van der Waals surface area contributed by atoms with Crippen LogP contribution in [0.1, 0.15) is 57.2 Å². The molecular formula is C15H25N3O2. The highest BCUT2D eigenvalue weighted by Crippen LogP contribution is 2.35. The molecular weight excluding hydrogens is 254 g/mol. The number of nitrogens with one attached hydrogen (secondary N) is 1. The van der Waals surface area contributed by atoms with Gasteiger partial charge in [0, 0.05) is 17.9 Å². The average Bonchev–Trinajstić information content (AvgIpc) is 3.00. The van der Waals surface area contributed by atoms with Crippen molar-refractivity contribution in [3.05, 3.63) is 11.7 Å². The van der Waals surface area contributed by atoms with Gasteiger partial charge in [-0.15, -0.1) is 0 Å². The molecule has 3 rings (SSSR count). The Kier molecular flexibility index (Phi) is 4.08. The van der Waals surface area contributed by atoms with Crippen molar-refractivity contribution in [3.63, 3.8) is 0 Å². The van der Waals surface area contributed by atoms with Crippen LogP contribution in [-0.4, -0.2) is 36.4 Å². The maximum atomic E-state index is 5.59. The van der Waals surface area contributed by atoms with Crippen LogP contribution in [0.5, 0.6) is 0 Å². The summed E-state index contributed by atoms with van der Waals surface area (Å²) in [6.45, 7) is 8.20. The summed E-state index contributed by atoms with van der Waals surface area (Å²) in [7, 11) is 0. The van der Waals surface area contributed by atoms with Gasteiger partial charge in [-0.1, -0.05) is 19.0 Å². The lowest BCUT2D eigenvalue weighted by molar-refractivity contribution is 0.0773. The number of aromatic nitrogens is 2. The Hall–Kier alpha value is -0.940. The Labute approximate surface area is 120 Å². The van der Waals surface area contributed by atoms with Gasteiger partial charge in [0.25, 0.3) is 0 Å². The predicted octanol–water partition coefficient (Wildman–Crippen LogP) is 2.24. The molecule has 20 heavy (non-hydrogen) atoms. The van der Waals surface area contributed by atoms with Crippen molar-refractivity contribution in [2.24, 2.45) is 5.92 Å². The van der Waals surface area contributed by atoms with Crippen molar-refractivity contribution in [1.82, 2.24) is 15.5 Å². The number of nitrogens with zero attached hydrogens (tertiary/aromatic N) is 2. The standard InChI is InChI=1S/C15H25N3O2/c1-15(2,12-6-3-7-16-9-12)14-17-13(18-20-14)11-5-4-8-19-10-11/h11-12,16H,3-10H2,1-2H3. The third-order valence-electron chi connectivity index (χ3n) is 4.84. The number of ether oxygens (including phenoxy) is 1. The first-order chi connectivity index (χ1) is 9.68. The van der Waals surface area contributed by atoms with Gasteiger partial charge in [0.05, 0.1) is 6.61 Å². The van der Waals surface area contributed by atoms with Gasteiger partial charge in [-0.3, -0.25) is 0 Å². The van der Waals surface area contributed by atoms with Crippen LogP contribution in [0.4, 0.5) is 0 Å². The highest BCUT2D eigenvalue weighted by atomic mass is 16.5. The molecule has 2 aliphatic heterocycles. The Bertz CT molecular complexity index is 432. The van der Waals surface area contributed by atoms with Crippen molar-refractivity contribution in [1.29, 1.82) is 0 Å². The van der Waals surface area contributed by atoms with E-state index in [1.807, 2.05) is 0 Å². The summed E-state index contributed by atoms with van der Waals surface area (Å²) in [4.78, 5) is 4.70. The summed E-state index contributed by atoms with van der Waals surface area (Å²) in [5.41, 5.74) is -0.0613. The van der Waals surface area contributed by atoms with Crippen LogP contribution < -0.4 is 5.32 Å². The van der Waals surface area contributed by atoms with Gasteiger partial charge < -0.3 is 14.6 Å². The summed E-state index contributed by atoms with van der Waals surface area (Å²) in [5.74, 6) is 2.48. The van der Waals surface area contributed by atoms with Gasteiger partial charge in [-0.2, -0.15) is 4.98 Å². The fraction of sp³-hybridized carbons (Fsp3) is 0.867. The zero-order valence-corrected chi connectivity index (χ0v) is 12.5. The van der Waals surface area contributed by atoms with Crippen LogP contribution in [0.2, 0.25) is 0 Å². The monoisotopic (exact) mass is 279 g/mol. The second-order valence-electron chi connectivity index (χ2n) is 6.64. The maximum Gasteiger partial charge on any atom is 0.232 e. The van der Waals surface area contributed by atoms with E-state index >= 15 is 0 Å². The Morgan fingerprint density at radius 2 is 2.15 bits per heavy atom. The van der Waals surface area contributed by atoms with E-state index in [9.17, 15) is 0 Å². The first-order valence-corrected chi connectivity index (χ1v) is 7.80. The van der Waals surface area contributed by atoms with Crippen LogP contribution in [0.3, 0.4) is 0 Å². The molecule has 0 aliphatic carbocycles. The fourth-order valence-electron chi connectivity index (χ4n) is 3.25. The molecule has 112 valence electrons. The predicted molar refractivity (Wildman–Crippen MR) is 75.7 cm³/mol. The van der Waals surface area contributed by atoms with Crippen LogP contribution >= 0.6 is 0 Å². The van der Waals surface area contributed by atoms with E-state index in [2.05, 4.69) is 24.3 Å². The van der Waals surface area contributed by atoms with E-state index < -0.39 is 0 Å². The fourth-order valence-corrected chi connectivity index (χ4v) is 3.25. The van der Waals surface area contributed by atoms with Crippen molar-refractivity contribution in [3.8, 4) is 0 Å². The largest absolute Gasteiger partial charge is 0.381 e. The van der Waals surface area contributed by atoms with E-state index in [0.29, 0.717) is 11.8 Å². The Morgan fingerprint density at radius 1 is 1.25 bits per heavy atom. The molecule has 2 unspecified atom stereocenters. The molecule has 0 bridgehead atoms. The molecule has 3 heterocycles. The summed E-state index contributed by atoms with van der Waals surface area (Å²) in [5, 5.41) is 7.69. The van der Waals surface area contributed by atoms with Gasteiger partial charge in [0.15, 0.2) is 5.82 Å². The Balaban J connectivity index is 1.74. The summed E-state index contributed by atoms with van der Waals surface area (Å²) in [6, 6.07) is 0. The third-order valence-corrected chi connectivity index (χ3v) is 4.84. The van der Waals surface area contributed by atoms with Gasteiger partial charge in [0.1, 0.15) is 0 Å². The average molecular weight is 279 g/mol. The molecule has 5 nitrogen and oxygen atoms in total. The molecule has 0 spiro atoms. The first kappa shape index (κ1) is 14.0. The lowest BCUT2D eigenvalue weighted by atomic mass is 9.75. The van der Waals surface area contributed by atoms with Gasteiger partial charge in [-0.25, -0.2) is 0 Å². The minimum absolute atomic E-state index is 0.0613. The Morgan fingerprint density at radius 3 is 2.85 bits per heavy atom. The van der Waals surface area contributed by atoms with Crippen LogP contribution in [0.25, 0.3) is 0 Å². The van der Waals surface area contributed by atoms with Crippen molar-refractivity contribution in [2.75, 3.05) is 26.3 Å². The molecule has 2 aliphatic rings. The highest BCUT2D eigenvalue weighted by Gasteiger charge is 2.37. The molecule has 0 aromatic carbocycles. The van der Waals surface area contributed by atoms with Crippen LogP contribution in [0, 0.1) is 5.92 Å². The quantitative estimate of drug-likeness (QED) is 0.919. The minimum Gasteiger partial charge on any atom is -0.381 e. The summed E-state index contributed by atoms with van der Waals surface area (Å²) in [6.07, 6.45) is 4.64. The molecule has 1 aromatic rings. The zero-order valence-electron chi connectivity index (χ0n) is 12.5. The molecule has 2 atom stereocenters. The van der Waals surface area contributed by atoms with Crippen LogP contribution in [-0.2, 0) is 10.2 Å². The zero-order chi connectivity index (χ0) is 14.0. The summed E-state index contributed by atoms with van der Waals surface area (Å²) < 4.78 is 11.1. The molecule has 1 N–H and O–H groups in total. The summed E-state index contributed by atoms with van der Waals surface area (Å²) >= 11 is 0. The molecule has 1 aromatic heterocycles. The second-order valence-corrected chi connectivity index (χ2v) is 6.64. The SMILES string of the molecule is CC(C)(c1nc(C2CCCOC2)no1)C1CCCNC1. The molecule has 5 heteroatoms. The number of hydrogen-bond donors (Lipinski definition) is 1. The lowest BCUT2D eigenvalue weighted by Gasteiger charge is -2.34. The van der Waals surface area contributed by atoms with E-state index in [0.717, 1.165) is 50.9 Å². The molecule has 0 amide bonds. The minimum atomic E-state index is -0.0613. The molecule has 2 fully saturated rings. The van der Waals surface area contributed by atoms with Crippen molar-refractivity contribution in [2.45, 2.75) is 50.9 Å². The van der Waals surface area contributed by atoms with E-state index in [-0.39, 0.29) is 5.41 Å². The maximum absolute atomic E-state index is 5.59. The van der Waals surface area contributed by atoms with E-state index in [1.165, 1.54) is 12.8 Å². The number of piperidine rings is 1. The molecule has 2 saturated heterocycles.